The van der Waals surface area contributed by atoms with E-state index in [1.165, 1.54) is 0 Å². The van der Waals surface area contributed by atoms with E-state index in [1.807, 2.05) is 60.5 Å². The molecule has 3 rings (SSSR count). The van der Waals surface area contributed by atoms with Gasteiger partial charge in [0, 0.05) is 31.3 Å². The second-order valence-electron chi connectivity index (χ2n) is 7.62. The minimum absolute atomic E-state index is 0.121. The van der Waals surface area contributed by atoms with Crippen molar-refractivity contribution in [2.24, 2.45) is 0 Å². The lowest BCUT2D eigenvalue weighted by atomic mass is 9.87. The molecular formula is C25H30N2O10. The Morgan fingerprint density at radius 3 is 1.43 bits per heavy atom. The van der Waals surface area contributed by atoms with Gasteiger partial charge in [0.25, 0.3) is 0 Å². The van der Waals surface area contributed by atoms with Crippen LogP contribution in [0.15, 0.2) is 48.5 Å². The molecule has 1 amide bonds. The van der Waals surface area contributed by atoms with Crippen molar-refractivity contribution in [2.75, 3.05) is 33.2 Å². The highest BCUT2D eigenvalue weighted by Gasteiger charge is 2.34. The second-order valence-corrected chi connectivity index (χ2v) is 7.62. The molecule has 12 heteroatoms. The van der Waals surface area contributed by atoms with Crippen LogP contribution >= 0.6 is 0 Å². The van der Waals surface area contributed by atoms with Gasteiger partial charge in [0.05, 0.1) is 5.92 Å². The molecule has 0 bridgehead atoms. The highest BCUT2D eigenvalue weighted by Crippen LogP contribution is 2.44. The van der Waals surface area contributed by atoms with Crippen LogP contribution < -0.4 is 4.74 Å². The van der Waals surface area contributed by atoms with Crippen LogP contribution in [0.4, 0.5) is 0 Å². The first-order chi connectivity index (χ1) is 17.4. The SMILES string of the molecule is CCN(CC)CCN(C)C(=O)C1c2ccccc2Oc2ccccc21.O=C(O)C(=O)O.O=C(O)C(=O)O. The molecule has 0 atom stereocenters. The first-order valence-corrected chi connectivity index (χ1v) is 11.2. The standard InChI is InChI=1S/C21H26N2O2.2C2H2O4/c1-4-23(5-2)15-14-22(3)21(24)20-16-10-6-8-12-18(16)25-19-13-9-7-11-17(19)20;2*3-1(4)2(5)6/h6-13,20H,4-5,14-15H2,1-3H3;2*(H,3,4)(H,5,6). The number of carboxylic acids is 4. The maximum absolute atomic E-state index is 13.3. The van der Waals surface area contributed by atoms with Crippen molar-refractivity contribution >= 4 is 29.8 Å². The number of hydrogen-bond donors (Lipinski definition) is 4. The van der Waals surface area contributed by atoms with Crippen molar-refractivity contribution in [3.63, 3.8) is 0 Å². The van der Waals surface area contributed by atoms with E-state index in [2.05, 4.69) is 18.7 Å². The van der Waals surface area contributed by atoms with Gasteiger partial charge in [0.1, 0.15) is 11.5 Å². The molecule has 0 aromatic heterocycles. The van der Waals surface area contributed by atoms with Crippen molar-refractivity contribution in [3.05, 3.63) is 59.7 Å². The quantitative estimate of drug-likeness (QED) is 0.411. The predicted molar refractivity (Wildman–Crippen MR) is 131 cm³/mol. The number of benzene rings is 2. The van der Waals surface area contributed by atoms with Crippen LogP contribution in [-0.2, 0) is 24.0 Å². The Balaban J connectivity index is 0.000000476. The molecule has 0 radical (unpaired) electrons. The van der Waals surface area contributed by atoms with Gasteiger partial charge in [0.2, 0.25) is 5.91 Å². The van der Waals surface area contributed by atoms with E-state index in [-0.39, 0.29) is 11.8 Å². The van der Waals surface area contributed by atoms with Gasteiger partial charge in [0.15, 0.2) is 0 Å². The summed E-state index contributed by atoms with van der Waals surface area (Å²) in [7, 11) is 1.90. The third-order valence-electron chi connectivity index (χ3n) is 5.32. The lowest BCUT2D eigenvalue weighted by Gasteiger charge is -2.31. The zero-order chi connectivity index (χ0) is 28.1. The van der Waals surface area contributed by atoms with Crippen molar-refractivity contribution in [1.82, 2.24) is 9.80 Å². The fourth-order valence-electron chi connectivity index (χ4n) is 3.34. The van der Waals surface area contributed by atoms with Crippen molar-refractivity contribution in [2.45, 2.75) is 19.8 Å². The first-order valence-electron chi connectivity index (χ1n) is 11.2. The fraction of sp³-hybridized carbons (Fsp3) is 0.320. The summed E-state index contributed by atoms with van der Waals surface area (Å²) in [5, 5.41) is 29.6. The Bertz CT molecular complexity index is 1020. The highest BCUT2D eigenvalue weighted by atomic mass is 16.5. The van der Waals surface area contributed by atoms with Gasteiger partial charge in [-0.1, -0.05) is 50.2 Å². The van der Waals surface area contributed by atoms with Gasteiger partial charge in [-0.2, -0.15) is 0 Å². The van der Waals surface area contributed by atoms with E-state index in [0.717, 1.165) is 48.8 Å². The Kier molecular flexibility index (Phi) is 12.3. The number of carbonyl (C=O) groups is 5. The first kappa shape index (κ1) is 30.6. The van der Waals surface area contributed by atoms with Gasteiger partial charge >= 0.3 is 23.9 Å². The van der Waals surface area contributed by atoms with Crippen molar-refractivity contribution in [1.29, 1.82) is 0 Å². The number of nitrogens with zero attached hydrogens (tertiary/aromatic N) is 2. The van der Waals surface area contributed by atoms with E-state index in [0.29, 0.717) is 0 Å². The Morgan fingerprint density at radius 2 is 1.08 bits per heavy atom. The van der Waals surface area contributed by atoms with E-state index in [9.17, 15) is 4.79 Å². The molecule has 1 aliphatic rings. The summed E-state index contributed by atoms with van der Waals surface area (Å²) in [5.41, 5.74) is 1.89. The summed E-state index contributed by atoms with van der Waals surface area (Å²) >= 11 is 0. The Morgan fingerprint density at radius 1 is 0.703 bits per heavy atom. The smallest absolute Gasteiger partial charge is 0.414 e. The van der Waals surface area contributed by atoms with Crippen LogP contribution in [-0.4, -0.2) is 93.2 Å². The molecule has 0 saturated heterocycles. The number of amides is 1. The summed E-state index contributed by atoms with van der Waals surface area (Å²) in [6.45, 7) is 7.92. The molecule has 0 saturated carbocycles. The number of rotatable bonds is 6. The molecule has 200 valence electrons. The third kappa shape index (κ3) is 9.26. The summed E-state index contributed by atoms with van der Waals surface area (Å²) in [6.07, 6.45) is 0. The summed E-state index contributed by atoms with van der Waals surface area (Å²) in [4.78, 5) is 53.8. The summed E-state index contributed by atoms with van der Waals surface area (Å²) in [5.74, 6) is -5.93. The Hall–Kier alpha value is -4.45. The van der Waals surface area contributed by atoms with Gasteiger partial charge in [-0.3, -0.25) is 4.79 Å². The lowest BCUT2D eigenvalue weighted by Crippen LogP contribution is -2.39. The van der Waals surface area contributed by atoms with E-state index < -0.39 is 23.9 Å². The molecule has 2 aromatic carbocycles. The number of carbonyl (C=O) groups excluding carboxylic acids is 1. The largest absolute Gasteiger partial charge is 0.473 e. The van der Waals surface area contributed by atoms with Crippen LogP contribution in [0, 0.1) is 0 Å². The lowest BCUT2D eigenvalue weighted by molar-refractivity contribution is -0.159. The molecular weight excluding hydrogens is 488 g/mol. The zero-order valence-electron chi connectivity index (χ0n) is 20.7. The van der Waals surface area contributed by atoms with Crippen molar-refractivity contribution in [3.8, 4) is 11.5 Å². The van der Waals surface area contributed by atoms with Crippen LogP contribution in [0.25, 0.3) is 0 Å². The van der Waals surface area contributed by atoms with Gasteiger partial charge < -0.3 is 35.0 Å². The van der Waals surface area contributed by atoms with Crippen LogP contribution in [0.2, 0.25) is 0 Å². The van der Waals surface area contributed by atoms with E-state index in [1.54, 1.807) is 0 Å². The molecule has 0 spiro atoms. The number of aliphatic carboxylic acids is 4. The van der Waals surface area contributed by atoms with Gasteiger partial charge in [-0.05, 0) is 25.2 Å². The van der Waals surface area contributed by atoms with E-state index in [4.69, 9.17) is 44.3 Å². The van der Waals surface area contributed by atoms with Crippen molar-refractivity contribution < 1.29 is 49.1 Å². The zero-order valence-corrected chi connectivity index (χ0v) is 20.7. The van der Waals surface area contributed by atoms with Crippen LogP contribution in [0.5, 0.6) is 11.5 Å². The average molecular weight is 519 g/mol. The number of para-hydroxylation sites is 2. The molecule has 1 aliphatic heterocycles. The molecule has 2 aromatic rings. The molecule has 1 heterocycles. The maximum Gasteiger partial charge on any atom is 0.414 e. The number of fused-ring (bicyclic) bond motifs is 2. The molecule has 0 fully saturated rings. The number of likely N-dealkylation sites (N-methyl/N-ethyl adjacent to an activating group) is 2. The van der Waals surface area contributed by atoms with Crippen LogP contribution in [0.3, 0.4) is 0 Å². The minimum Gasteiger partial charge on any atom is -0.473 e. The fourth-order valence-corrected chi connectivity index (χ4v) is 3.34. The minimum atomic E-state index is -1.82. The monoisotopic (exact) mass is 518 g/mol. The number of ether oxygens (including phenoxy) is 1. The number of carboxylic acid groups (broad SMARTS) is 4. The Labute approximate surface area is 213 Å². The highest BCUT2D eigenvalue weighted by molar-refractivity contribution is 6.27. The molecule has 0 unspecified atom stereocenters. The normalized spacial score (nSPS) is 11.2. The van der Waals surface area contributed by atoms with Crippen LogP contribution in [0.1, 0.15) is 30.9 Å². The molecule has 12 nitrogen and oxygen atoms in total. The average Bonchev–Trinajstić information content (AvgIpc) is 2.87. The molecule has 0 aliphatic carbocycles. The number of hydrogen-bond acceptors (Lipinski definition) is 7. The molecule has 37 heavy (non-hydrogen) atoms. The molecule has 4 N–H and O–H groups in total. The van der Waals surface area contributed by atoms with E-state index >= 15 is 0 Å². The maximum atomic E-state index is 13.3. The summed E-state index contributed by atoms with van der Waals surface area (Å²) in [6, 6.07) is 15.7. The van der Waals surface area contributed by atoms with Gasteiger partial charge in [-0.25, -0.2) is 19.2 Å². The topological polar surface area (TPSA) is 182 Å². The van der Waals surface area contributed by atoms with Gasteiger partial charge in [-0.15, -0.1) is 0 Å². The second kappa shape index (κ2) is 14.8. The third-order valence-corrected chi connectivity index (χ3v) is 5.32. The predicted octanol–water partition coefficient (Wildman–Crippen LogP) is 2.04. The summed E-state index contributed by atoms with van der Waals surface area (Å²) < 4.78 is 5.99.